The number of aliphatic hydroxyl groups excluding tert-OH is 1. The second kappa shape index (κ2) is 4.10. The predicted octanol–water partition coefficient (Wildman–Crippen LogP) is 3.37. The van der Waals surface area contributed by atoms with Gasteiger partial charge in [0.05, 0.1) is 6.10 Å². The van der Waals surface area contributed by atoms with E-state index in [9.17, 15) is 5.11 Å². The highest BCUT2D eigenvalue weighted by atomic mass is 16.5. The third-order valence-electron chi connectivity index (χ3n) is 3.70. The number of fused-ring (bicyclic) bond motifs is 1. The minimum Gasteiger partial charge on any atom is -0.487 e. The first kappa shape index (κ1) is 11.5. The molecule has 1 aromatic carbocycles. The van der Waals surface area contributed by atoms with Gasteiger partial charge in [-0.2, -0.15) is 0 Å². The quantitative estimate of drug-likeness (QED) is 0.828. The molecule has 2 nitrogen and oxygen atoms in total. The van der Waals surface area contributed by atoms with Gasteiger partial charge in [0, 0.05) is 12.0 Å². The fraction of sp³-hybridized carbons (Fsp3) is 0.571. The maximum atomic E-state index is 10.2. The number of ether oxygens (including phenoxy) is 1. The minimum absolute atomic E-state index is 0.179. The molecule has 2 heteroatoms. The van der Waals surface area contributed by atoms with Gasteiger partial charge in [-0.25, -0.2) is 0 Å². The summed E-state index contributed by atoms with van der Waals surface area (Å²) >= 11 is 0. The predicted molar refractivity (Wildman–Crippen MR) is 64.7 cm³/mol. The molecule has 1 heterocycles. The van der Waals surface area contributed by atoms with Crippen LogP contribution in [0.25, 0.3) is 0 Å². The van der Waals surface area contributed by atoms with E-state index in [-0.39, 0.29) is 11.7 Å². The van der Waals surface area contributed by atoms with Crippen LogP contribution in [-0.4, -0.2) is 10.7 Å². The van der Waals surface area contributed by atoms with E-state index < -0.39 is 0 Å². The average Bonchev–Trinajstić information content (AvgIpc) is 2.30. The van der Waals surface area contributed by atoms with Crippen LogP contribution in [0.2, 0.25) is 0 Å². The fourth-order valence-electron chi connectivity index (χ4n) is 2.44. The number of aryl methyl sites for hydroxylation is 1. The van der Waals surface area contributed by atoms with Gasteiger partial charge in [0.15, 0.2) is 0 Å². The van der Waals surface area contributed by atoms with Crippen LogP contribution < -0.4 is 4.74 Å². The highest BCUT2D eigenvalue weighted by Gasteiger charge is 2.37. The normalized spacial score (nSPS) is 22.4. The van der Waals surface area contributed by atoms with Crippen LogP contribution in [0.1, 0.15) is 50.3 Å². The summed E-state index contributed by atoms with van der Waals surface area (Å²) in [5, 5.41) is 10.2. The average molecular weight is 220 g/mol. The smallest absolute Gasteiger partial charge is 0.125 e. The topological polar surface area (TPSA) is 29.5 Å². The van der Waals surface area contributed by atoms with Crippen molar-refractivity contribution in [3.05, 3.63) is 29.3 Å². The standard InChI is InChI=1S/C14H20O2/c1-4-14(5-2)9-12(15)11-8-10(3)6-7-13(11)16-14/h6-8,12,15H,4-5,9H2,1-3H3. The van der Waals surface area contributed by atoms with E-state index >= 15 is 0 Å². The van der Waals surface area contributed by atoms with Crippen LogP contribution in [0, 0.1) is 6.92 Å². The van der Waals surface area contributed by atoms with Crippen molar-refractivity contribution < 1.29 is 9.84 Å². The Labute approximate surface area is 97.3 Å². The summed E-state index contributed by atoms with van der Waals surface area (Å²) in [5.74, 6) is 0.855. The number of hydrogen-bond donors (Lipinski definition) is 1. The molecule has 16 heavy (non-hydrogen) atoms. The summed E-state index contributed by atoms with van der Waals surface area (Å²) in [6.45, 7) is 6.28. The molecule has 88 valence electrons. The van der Waals surface area contributed by atoms with Gasteiger partial charge < -0.3 is 9.84 Å². The van der Waals surface area contributed by atoms with Gasteiger partial charge in [-0.05, 0) is 31.9 Å². The van der Waals surface area contributed by atoms with E-state index in [0.717, 1.165) is 24.2 Å². The molecule has 0 saturated heterocycles. The molecule has 1 unspecified atom stereocenters. The number of hydrogen-bond acceptors (Lipinski definition) is 2. The zero-order valence-corrected chi connectivity index (χ0v) is 10.3. The highest BCUT2D eigenvalue weighted by molar-refractivity contribution is 5.40. The molecule has 0 aliphatic carbocycles. The molecule has 2 rings (SSSR count). The van der Waals surface area contributed by atoms with Crippen molar-refractivity contribution in [2.45, 2.75) is 51.7 Å². The molecule has 1 aromatic rings. The van der Waals surface area contributed by atoms with Crippen molar-refractivity contribution >= 4 is 0 Å². The second-order valence-corrected chi connectivity index (χ2v) is 4.75. The Morgan fingerprint density at radius 3 is 2.69 bits per heavy atom. The fourth-order valence-corrected chi connectivity index (χ4v) is 2.44. The van der Waals surface area contributed by atoms with Crippen molar-refractivity contribution in [1.82, 2.24) is 0 Å². The monoisotopic (exact) mass is 220 g/mol. The first-order valence-corrected chi connectivity index (χ1v) is 6.08. The lowest BCUT2D eigenvalue weighted by molar-refractivity contribution is -0.0196. The lowest BCUT2D eigenvalue weighted by Gasteiger charge is -2.40. The van der Waals surface area contributed by atoms with Crippen molar-refractivity contribution in [2.24, 2.45) is 0 Å². The number of rotatable bonds is 2. The van der Waals surface area contributed by atoms with Crippen LogP contribution in [-0.2, 0) is 0 Å². The Kier molecular flexibility index (Phi) is 2.94. The van der Waals surface area contributed by atoms with E-state index in [4.69, 9.17) is 4.74 Å². The molecule has 0 fully saturated rings. The Morgan fingerprint density at radius 1 is 1.38 bits per heavy atom. The van der Waals surface area contributed by atoms with E-state index in [2.05, 4.69) is 13.8 Å². The third-order valence-corrected chi connectivity index (χ3v) is 3.70. The largest absolute Gasteiger partial charge is 0.487 e. The first-order chi connectivity index (χ1) is 7.60. The molecule has 0 radical (unpaired) electrons. The molecule has 0 spiro atoms. The van der Waals surface area contributed by atoms with Gasteiger partial charge in [-0.1, -0.05) is 25.5 Å². The molecular formula is C14H20O2. The molecule has 0 saturated carbocycles. The Morgan fingerprint density at radius 2 is 2.06 bits per heavy atom. The molecule has 0 bridgehead atoms. The van der Waals surface area contributed by atoms with E-state index in [0.29, 0.717) is 6.42 Å². The minimum atomic E-state index is -0.386. The van der Waals surface area contributed by atoms with Crippen molar-refractivity contribution in [3.8, 4) is 5.75 Å². The summed E-state index contributed by atoms with van der Waals surface area (Å²) in [6, 6.07) is 6.04. The van der Waals surface area contributed by atoms with Gasteiger partial charge in [-0.3, -0.25) is 0 Å². The van der Waals surface area contributed by atoms with Crippen LogP contribution in [0.15, 0.2) is 18.2 Å². The van der Waals surface area contributed by atoms with Gasteiger partial charge in [0.25, 0.3) is 0 Å². The molecule has 0 aromatic heterocycles. The lowest BCUT2D eigenvalue weighted by Crippen LogP contribution is -2.39. The van der Waals surface area contributed by atoms with E-state index in [1.165, 1.54) is 5.56 Å². The van der Waals surface area contributed by atoms with Gasteiger partial charge in [0.2, 0.25) is 0 Å². The molecular weight excluding hydrogens is 200 g/mol. The first-order valence-electron chi connectivity index (χ1n) is 6.08. The Bertz CT molecular complexity index is 380. The highest BCUT2D eigenvalue weighted by Crippen LogP contribution is 2.42. The summed E-state index contributed by atoms with van der Waals surface area (Å²) in [6.07, 6.45) is 2.20. The van der Waals surface area contributed by atoms with Crippen LogP contribution in [0.3, 0.4) is 0 Å². The zero-order chi connectivity index (χ0) is 11.8. The second-order valence-electron chi connectivity index (χ2n) is 4.75. The van der Waals surface area contributed by atoms with Gasteiger partial charge >= 0.3 is 0 Å². The summed E-state index contributed by atoms with van der Waals surface area (Å²) < 4.78 is 6.08. The molecule has 0 amide bonds. The van der Waals surface area contributed by atoms with Crippen LogP contribution in [0.5, 0.6) is 5.75 Å². The SMILES string of the molecule is CCC1(CC)CC(O)c2cc(C)ccc2O1. The third kappa shape index (κ3) is 1.82. The van der Waals surface area contributed by atoms with Crippen molar-refractivity contribution in [2.75, 3.05) is 0 Å². The molecule has 1 aliphatic heterocycles. The molecule has 1 atom stereocenters. The Hall–Kier alpha value is -1.02. The molecule has 1 aliphatic rings. The van der Waals surface area contributed by atoms with Crippen LogP contribution >= 0.6 is 0 Å². The summed E-state index contributed by atoms with van der Waals surface area (Å²) in [4.78, 5) is 0. The zero-order valence-electron chi connectivity index (χ0n) is 10.3. The summed E-state index contributed by atoms with van der Waals surface area (Å²) in [7, 11) is 0. The van der Waals surface area contributed by atoms with Crippen molar-refractivity contribution in [1.29, 1.82) is 0 Å². The van der Waals surface area contributed by atoms with E-state index in [1.54, 1.807) is 0 Å². The number of aliphatic hydroxyl groups is 1. The lowest BCUT2D eigenvalue weighted by atomic mass is 9.84. The maximum Gasteiger partial charge on any atom is 0.125 e. The van der Waals surface area contributed by atoms with Gasteiger partial charge in [0.1, 0.15) is 11.4 Å². The maximum absolute atomic E-state index is 10.2. The van der Waals surface area contributed by atoms with Crippen LogP contribution in [0.4, 0.5) is 0 Å². The van der Waals surface area contributed by atoms with E-state index in [1.807, 2.05) is 25.1 Å². The van der Waals surface area contributed by atoms with Crippen molar-refractivity contribution in [3.63, 3.8) is 0 Å². The summed E-state index contributed by atoms with van der Waals surface area (Å²) in [5.41, 5.74) is 1.93. The number of benzene rings is 1. The Balaban J connectivity index is 2.40. The molecule has 1 N–H and O–H groups in total. The van der Waals surface area contributed by atoms with Gasteiger partial charge in [-0.15, -0.1) is 0 Å².